The number of nitrogens with zero attached hydrogens (tertiary/aromatic N) is 2. The van der Waals surface area contributed by atoms with Crippen LogP contribution in [-0.2, 0) is 11.0 Å². The third-order valence-corrected chi connectivity index (χ3v) is 2.64. The molecule has 1 aliphatic rings. The maximum absolute atomic E-state index is 12.4. The van der Waals surface area contributed by atoms with E-state index in [1.807, 2.05) is 0 Å². The Morgan fingerprint density at radius 2 is 2.06 bits per heavy atom. The Bertz CT molecular complexity index is 494. The fraction of sp³-hybridized carbons (Fsp3) is 0.417. The molecule has 0 aromatic carbocycles. The number of hydrogen-bond acceptors (Lipinski definition) is 3. The second-order valence-electron chi connectivity index (χ2n) is 4.14. The third-order valence-electron chi connectivity index (χ3n) is 2.64. The first-order valence-electron chi connectivity index (χ1n) is 5.56. The van der Waals surface area contributed by atoms with Crippen LogP contribution in [-0.4, -0.2) is 16.5 Å². The van der Waals surface area contributed by atoms with Crippen molar-refractivity contribution in [1.29, 1.82) is 0 Å². The van der Waals surface area contributed by atoms with Gasteiger partial charge in [0, 0.05) is 24.8 Å². The topological polar surface area (TPSA) is 42.3 Å². The van der Waals surface area contributed by atoms with Gasteiger partial charge in [0.05, 0.1) is 5.69 Å². The predicted molar refractivity (Wildman–Crippen MR) is 59.8 cm³/mol. The minimum Gasteiger partial charge on any atom is -0.299 e. The van der Waals surface area contributed by atoms with Crippen LogP contribution in [0.15, 0.2) is 23.3 Å². The van der Waals surface area contributed by atoms with Crippen LogP contribution in [0.3, 0.4) is 0 Å². The van der Waals surface area contributed by atoms with Gasteiger partial charge in [-0.2, -0.15) is 13.2 Å². The molecule has 0 radical (unpaired) electrons. The highest BCUT2D eigenvalue weighted by Gasteiger charge is 2.32. The number of carbonyl (C=O) groups is 1. The smallest absolute Gasteiger partial charge is 0.299 e. The van der Waals surface area contributed by atoms with Crippen LogP contribution in [0.4, 0.5) is 18.9 Å². The molecule has 96 valence electrons. The fourth-order valence-corrected chi connectivity index (χ4v) is 1.82. The van der Waals surface area contributed by atoms with Gasteiger partial charge in [-0.25, -0.2) is 0 Å². The number of alkyl halides is 3. The summed E-state index contributed by atoms with van der Waals surface area (Å²) in [6.45, 7) is 0. The van der Waals surface area contributed by atoms with Crippen molar-refractivity contribution in [3.8, 4) is 0 Å². The molecular formula is C12H11F3N2O. The number of hydrogen-bond donors (Lipinski definition) is 0. The summed E-state index contributed by atoms with van der Waals surface area (Å²) in [5.74, 6) is 0.0881. The number of pyridine rings is 1. The molecule has 1 aliphatic carbocycles. The highest BCUT2D eigenvalue weighted by molar-refractivity contribution is 6.04. The summed E-state index contributed by atoms with van der Waals surface area (Å²) >= 11 is 0. The lowest BCUT2D eigenvalue weighted by atomic mass is 9.97. The first kappa shape index (κ1) is 12.7. The Kier molecular flexibility index (Phi) is 3.45. The summed E-state index contributed by atoms with van der Waals surface area (Å²) in [7, 11) is 0. The number of halogens is 3. The molecular weight excluding hydrogens is 245 g/mol. The molecule has 0 aliphatic heterocycles. The van der Waals surface area contributed by atoms with E-state index in [4.69, 9.17) is 0 Å². The summed E-state index contributed by atoms with van der Waals surface area (Å²) in [6.07, 6.45) is -1.25. The van der Waals surface area contributed by atoms with Crippen molar-refractivity contribution in [3.63, 3.8) is 0 Å². The van der Waals surface area contributed by atoms with Crippen molar-refractivity contribution in [2.45, 2.75) is 31.9 Å². The van der Waals surface area contributed by atoms with Gasteiger partial charge in [0.2, 0.25) is 0 Å². The number of ketones is 1. The number of rotatable bonds is 1. The van der Waals surface area contributed by atoms with Crippen molar-refractivity contribution in [2.24, 2.45) is 4.99 Å². The van der Waals surface area contributed by atoms with E-state index in [1.54, 1.807) is 0 Å². The van der Waals surface area contributed by atoms with Crippen molar-refractivity contribution in [3.05, 3.63) is 24.0 Å². The summed E-state index contributed by atoms with van der Waals surface area (Å²) < 4.78 is 37.3. The van der Waals surface area contributed by atoms with Gasteiger partial charge in [-0.05, 0) is 25.0 Å². The number of carbonyl (C=O) groups excluding carboxylic acids is 1. The van der Waals surface area contributed by atoms with Gasteiger partial charge < -0.3 is 0 Å². The van der Waals surface area contributed by atoms with Crippen molar-refractivity contribution in [2.75, 3.05) is 0 Å². The lowest BCUT2D eigenvalue weighted by Crippen LogP contribution is -2.14. The van der Waals surface area contributed by atoms with Crippen molar-refractivity contribution in [1.82, 2.24) is 4.98 Å². The second kappa shape index (κ2) is 4.88. The van der Waals surface area contributed by atoms with E-state index in [0.717, 1.165) is 18.7 Å². The molecule has 1 saturated carbocycles. The monoisotopic (exact) mass is 256 g/mol. The minimum absolute atomic E-state index is 0.0881. The van der Waals surface area contributed by atoms with E-state index in [2.05, 4.69) is 9.98 Å². The highest BCUT2D eigenvalue weighted by atomic mass is 19.4. The van der Waals surface area contributed by atoms with Crippen LogP contribution in [0.25, 0.3) is 0 Å². The predicted octanol–water partition coefficient (Wildman–Crippen LogP) is 3.32. The van der Waals surface area contributed by atoms with Crippen LogP contribution >= 0.6 is 0 Å². The maximum Gasteiger partial charge on any atom is 0.433 e. The summed E-state index contributed by atoms with van der Waals surface area (Å²) in [5, 5.41) is 0. The van der Waals surface area contributed by atoms with E-state index < -0.39 is 11.9 Å². The number of aromatic nitrogens is 1. The molecule has 0 amide bonds. The minimum atomic E-state index is -4.47. The van der Waals surface area contributed by atoms with Gasteiger partial charge in [-0.1, -0.05) is 0 Å². The maximum atomic E-state index is 12.4. The molecule has 2 rings (SSSR count). The van der Waals surface area contributed by atoms with Gasteiger partial charge >= 0.3 is 6.18 Å². The molecule has 0 N–H and O–H groups in total. The van der Waals surface area contributed by atoms with Crippen molar-refractivity contribution < 1.29 is 18.0 Å². The lowest BCUT2D eigenvalue weighted by Gasteiger charge is -2.12. The van der Waals surface area contributed by atoms with Gasteiger partial charge in [-0.3, -0.25) is 14.8 Å². The average Bonchev–Trinajstić information content (AvgIpc) is 2.28. The molecule has 0 atom stereocenters. The van der Waals surface area contributed by atoms with Crippen LogP contribution in [0, 0.1) is 0 Å². The quantitative estimate of drug-likeness (QED) is 0.773. The average molecular weight is 256 g/mol. The summed E-state index contributed by atoms with van der Waals surface area (Å²) in [4.78, 5) is 18.6. The van der Waals surface area contributed by atoms with Crippen LogP contribution in [0.5, 0.6) is 0 Å². The Labute approximate surface area is 102 Å². The van der Waals surface area contributed by atoms with E-state index in [-0.39, 0.29) is 17.9 Å². The zero-order chi connectivity index (χ0) is 13.2. The number of aliphatic imine (C=N–C) groups is 1. The highest BCUT2D eigenvalue weighted by Crippen LogP contribution is 2.30. The molecule has 1 aromatic rings. The Morgan fingerprint density at radius 3 is 2.72 bits per heavy atom. The van der Waals surface area contributed by atoms with Gasteiger partial charge in [-0.15, -0.1) is 0 Å². The summed E-state index contributed by atoms with van der Waals surface area (Å²) in [6, 6.07) is 2.30. The first-order valence-corrected chi connectivity index (χ1v) is 5.56. The number of Topliss-reactive ketones (excluding diaryl/α,β-unsaturated/α-hetero) is 1. The molecule has 0 unspecified atom stereocenters. The molecule has 18 heavy (non-hydrogen) atoms. The van der Waals surface area contributed by atoms with E-state index in [0.29, 0.717) is 18.6 Å². The van der Waals surface area contributed by atoms with E-state index in [1.165, 1.54) is 6.07 Å². The molecule has 0 bridgehead atoms. The van der Waals surface area contributed by atoms with E-state index >= 15 is 0 Å². The van der Waals surface area contributed by atoms with Crippen LogP contribution in [0.2, 0.25) is 0 Å². The molecule has 1 fully saturated rings. The Morgan fingerprint density at radius 1 is 1.28 bits per heavy atom. The first-order chi connectivity index (χ1) is 8.45. The van der Waals surface area contributed by atoms with Gasteiger partial charge in [0.15, 0.2) is 0 Å². The zero-order valence-electron chi connectivity index (χ0n) is 9.50. The largest absolute Gasteiger partial charge is 0.433 e. The van der Waals surface area contributed by atoms with Crippen LogP contribution in [0.1, 0.15) is 31.4 Å². The van der Waals surface area contributed by atoms with E-state index in [9.17, 15) is 18.0 Å². The van der Waals surface area contributed by atoms with Crippen molar-refractivity contribution >= 4 is 17.2 Å². The fourth-order valence-electron chi connectivity index (χ4n) is 1.82. The standard InChI is InChI=1S/C12H11F3N2O/c13-12(14,15)11-7-9(4-5-16-11)17-8-2-1-3-10(18)6-8/h4-5,7H,1-3,6H2. The Hall–Kier alpha value is -1.72. The zero-order valence-corrected chi connectivity index (χ0v) is 9.50. The molecule has 3 nitrogen and oxygen atoms in total. The van der Waals surface area contributed by atoms with Crippen LogP contribution < -0.4 is 0 Å². The van der Waals surface area contributed by atoms with Gasteiger partial charge in [0.25, 0.3) is 0 Å². The van der Waals surface area contributed by atoms with Gasteiger partial charge in [0.1, 0.15) is 11.5 Å². The summed E-state index contributed by atoms with van der Waals surface area (Å²) in [5.41, 5.74) is -0.126. The Balaban J connectivity index is 2.24. The molecule has 1 heterocycles. The molecule has 0 saturated heterocycles. The second-order valence-corrected chi connectivity index (χ2v) is 4.14. The molecule has 0 spiro atoms. The normalized spacial score (nSPS) is 19.3. The SMILES string of the molecule is O=C1CCCC(=Nc2ccnc(C(F)(F)F)c2)C1. The lowest BCUT2D eigenvalue weighted by molar-refractivity contribution is -0.141. The third kappa shape index (κ3) is 3.15. The molecule has 1 aromatic heterocycles. The molecule has 6 heteroatoms.